The van der Waals surface area contributed by atoms with Crippen molar-refractivity contribution in [3.8, 4) is 0 Å². The largest absolute Gasteiger partial charge is 0.444 e. The summed E-state index contributed by atoms with van der Waals surface area (Å²) in [4.78, 5) is 25.2. The predicted molar refractivity (Wildman–Crippen MR) is 72.0 cm³/mol. The molecule has 1 aliphatic heterocycles. The molecule has 114 valence electrons. The van der Waals surface area contributed by atoms with Crippen molar-refractivity contribution in [1.29, 1.82) is 0 Å². The Morgan fingerprint density at radius 3 is 2.14 bits per heavy atom. The summed E-state index contributed by atoms with van der Waals surface area (Å²) in [6.45, 7) is 5.66. The maximum atomic E-state index is 13.1. The summed E-state index contributed by atoms with van der Waals surface area (Å²) >= 11 is 0. The van der Waals surface area contributed by atoms with E-state index in [0.29, 0.717) is 6.07 Å². The van der Waals surface area contributed by atoms with Crippen LogP contribution in [0, 0.1) is 17.6 Å². The first-order valence-corrected chi connectivity index (χ1v) is 6.64. The predicted octanol–water partition coefficient (Wildman–Crippen LogP) is 3.01. The first-order chi connectivity index (χ1) is 9.65. The number of amides is 1. The molecule has 6 heteroatoms. The lowest BCUT2D eigenvalue weighted by molar-refractivity contribution is 0.00147. The third kappa shape index (κ3) is 3.77. The lowest BCUT2D eigenvalue weighted by atomic mass is 9.91. The molecule has 1 saturated heterocycles. The summed E-state index contributed by atoms with van der Waals surface area (Å²) in [5, 5.41) is 0. The number of likely N-dealkylation sites (tertiary alicyclic amines) is 1. The minimum absolute atomic E-state index is 0.0126. The van der Waals surface area contributed by atoms with E-state index in [2.05, 4.69) is 0 Å². The third-order valence-electron chi connectivity index (χ3n) is 3.05. The van der Waals surface area contributed by atoms with Gasteiger partial charge in [0.05, 0.1) is 5.92 Å². The highest BCUT2D eigenvalue weighted by Crippen LogP contribution is 2.23. The number of rotatable bonds is 2. The lowest BCUT2D eigenvalue weighted by Gasteiger charge is -2.38. The number of carbonyl (C=O) groups is 2. The number of hydrogen-bond acceptors (Lipinski definition) is 3. The fraction of sp³-hybridized carbons (Fsp3) is 0.467. The van der Waals surface area contributed by atoms with Gasteiger partial charge in [-0.3, -0.25) is 4.79 Å². The number of nitrogens with zero attached hydrogens (tertiary/aromatic N) is 1. The van der Waals surface area contributed by atoms with E-state index < -0.39 is 29.2 Å². The van der Waals surface area contributed by atoms with Crippen LogP contribution in [0.15, 0.2) is 18.2 Å². The summed E-state index contributed by atoms with van der Waals surface area (Å²) in [6.07, 6.45) is -0.489. The van der Waals surface area contributed by atoms with Crippen LogP contribution in [0.5, 0.6) is 0 Å². The van der Waals surface area contributed by atoms with Crippen molar-refractivity contribution in [2.45, 2.75) is 26.4 Å². The van der Waals surface area contributed by atoms with Gasteiger partial charge in [-0.25, -0.2) is 13.6 Å². The van der Waals surface area contributed by atoms with E-state index in [1.165, 1.54) is 4.90 Å². The van der Waals surface area contributed by atoms with Gasteiger partial charge >= 0.3 is 6.09 Å². The number of Topliss-reactive ketones (excluding diaryl/α,β-unsaturated/α-hetero) is 1. The molecule has 0 aromatic heterocycles. The SMILES string of the molecule is CC(C)(C)OC(=O)N1CC(C(=O)c2cc(F)cc(F)c2)C1. The molecule has 0 spiro atoms. The number of ketones is 1. The van der Waals surface area contributed by atoms with Gasteiger partial charge < -0.3 is 9.64 Å². The maximum Gasteiger partial charge on any atom is 0.410 e. The monoisotopic (exact) mass is 297 g/mol. The minimum Gasteiger partial charge on any atom is -0.444 e. The molecule has 1 aromatic carbocycles. The van der Waals surface area contributed by atoms with Crippen LogP contribution in [0.1, 0.15) is 31.1 Å². The molecule has 21 heavy (non-hydrogen) atoms. The van der Waals surface area contributed by atoms with E-state index in [0.717, 1.165) is 12.1 Å². The van der Waals surface area contributed by atoms with Gasteiger partial charge in [-0.15, -0.1) is 0 Å². The fourth-order valence-electron chi connectivity index (χ4n) is 2.05. The lowest BCUT2D eigenvalue weighted by Crippen LogP contribution is -2.54. The third-order valence-corrected chi connectivity index (χ3v) is 3.05. The first kappa shape index (κ1) is 15.4. The zero-order valence-corrected chi connectivity index (χ0v) is 12.2. The van der Waals surface area contributed by atoms with Gasteiger partial charge in [-0.05, 0) is 32.9 Å². The van der Waals surface area contributed by atoms with Crippen molar-refractivity contribution in [2.75, 3.05) is 13.1 Å². The molecule has 0 atom stereocenters. The van der Waals surface area contributed by atoms with Crippen molar-refractivity contribution in [3.63, 3.8) is 0 Å². The quantitative estimate of drug-likeness (QED) is 0.788. The molecule has 0 aliphatic carbocycles. The Hall–Kier alpha value is -1.98. The summed E-state index contributed by atoms with van der Waals surface area (Å²) in [5.74, 6) is -2.39. The molecular weight excluding hydrogens is 280 g/mol. The van der Waals surface area contributed by atoms with Crippen molar-refractivity contribution in [1.82, 2.24) is 4.90 Å². The van der Waals surface area contributed by atoms with Crippen LogP contribution in [-0.4, -0.2) is 35.5 Å². The molecule has 0 radical (unpaired) electrons. The Morgan fingerprint density at radius 2 is 1.67 bits per heavy atom. The van der Waals surface area contributed by atoms with Crippen LogP contribution >= 0.6 is 0 Å². The zero-order valence-electron chi connectivity index (χ0n) is 12.2. The van der Waals surface area contributed by atoms with Crippen molar-refractivity contribution in [2.24, 2.45) is 5.92 Å². The van der Waals surface area contributed by atoms with Crippen LogP contribution in [-0.2, 0) is 4.74 Å². The van der Waals surface area contributed by atoms with Crippen LogP contribution < -0.4 is 0 Å². The Balaban J connectivity index is 1.95. The van der Waals surface area contributed by atoms with E-state index >= 15 is 0 Å². The second kappa shape index (κ2) is 5.42. The van der Waals surface area contributed by atoms with Crippen LogP contribution in [0.2, 0.25) is 0 Å². The average Bonchev–Trinajstić information content (AvgIpc) is 2.22. The van der Waals surface area contributed by atoms with Gasteiger partial charge in [0.1, 0.15) is 17.2 Å². The molecule has 1 fully saturated rings. The molecular formula is C15H17F2NO3. The second-order valence-electron chi connectivity index (χ2n) is 6.10. The van der Waals surface area contributed by atoms with E-state index in [4.69, 9.17) is 4.74 Å². The van der Waals surface area contributed by atoms with Gasteiger partial charge in [-0.2, -0.15) is 0 Å². The topological polar surface area (TPSA) is 46.6 Å². The highest BCUT2D eigenvalue weighted by molar-refractivity contribution is 5.99. The molecule has 4 nitrogen and oxygen atoms in total. The van der Waals surface area contributed by atoms with Gasteiger partial charge in [0, 0.05) is 24.7 Å². The summed E-state index contributed by atoms with van der Waals surface area (Å²) in [5.41, 5.74) is -0.612. The van der Waals surface area contributed by atoms with Gasteiger partial charge in [0.2, 0.25) is 0 Å². The van der Waals surface area contributed by atoms with Gasteiger partial charge in [0.15, 0.2) is 5.78 Å². The Morgan fingerprint density at radius 1 is 1.14 bits per heavy atom. The van der Waals surface area contributed by atoms with E-state index in [-0.39, 0.29) is 24.4 Å². The maximum absolute atomic E-state index is 13.1. The van der Waals surface area contributed by atoms with E-state index in [1.807, 2.05) is 0 Å². The van der Waals surface area contributed by atoms with E-state index in [1.54, 1.807) is 20.8 Å². The van der Waals surface area contributed by atoms with Crippen LogP contribution in [0.3, 0.4) is 0 Å². The van der Waals surface area contributed by atoms with Gasteiger partial charge in [0.25, 0.3) is 0 Å². The number of benzene rings is 1. The molecule has 1 amide bonds. The zero-order chi connectivity index (χ0) is 15.8. The van der Waals surface area contributed by atoms with Crippen molar-refractivity contribution >= 4 is 11.9 Å². The summed E-state index contributed by atoms with van der Waals surface area (Å²) in [7, 11) is 0. The summed E-state index contributed by atoms with van der Waals surface area (Å²) in [6, 6.07) is 2.72. The second-order valence-corrected chi connectivity index (χ2v) is 6.10. The van der Waals surface area contributed by atoms with Gasteiger partial charge in [-0.1, -0.05) is 0 Å². The number of hydrogen-bond donors (Lipinski definition) is 0. The molecule has 1 heterocycles. The number of halogens is 2. The molecule has 0 N–H and O–H groups in total. The highest BCUT2D eigenvalue weighted by Gasteiger charge is 2.38. The van der Waals surface area contributed by atoms with Crippen molar-refractivity contribution < 1.29 is 23.1 Å². The molecule has 1 aliphatic rings. The van der Waals surface area contributed by atoms with Crippen molar-refractivity contribution in [3.05, 3.63) is 35.4 Å². The first-order valence-electron chi connectivity index (χ1n) is 6.64. The van der Waals surface area contributed by atoms with Crippen LogP contribution in [0.4, 0.5) is 13.6 Å². The molecule has 1 aromatic rings. The normalized spacial score (nSPS) is 15.6. The number of carbonyl (C=O) groups excluding carboxylic acids is 2. The Labute approximate surface area is 121 Å². The molecule has 0 saturated carbocycles. The highest BCUT2D eigenvalue weighted by atomic mass is 19.1. The van der Waals surface area contributed by atoms with Crippen LogP contribution in [0.25, 0.3) is 0 Å². The molecule has 2 rings (SSSR count). The van der Waals surface area contributed by atoms with E-state index in [9.17, 15) is 18.4 Å². The molecule has 0 bridgehead atoms. The average molecular weight is 297 g/mol. The summed E-state index contributed by atoms with van der Waals surface area (Å²) < 4.78 is 31.3. The Bertz CT molecular complexity index is 555. The smallest absolute Gasteiger partial charge is 0.410 e. The molecule has 0 unspecified atom stereocenters. The standard InChI is InChI=1S/C15H17F2NO3/c1-15(2,3)21-14(20)18-7-10(8-18)13(19)9-4-11(16)6-12(17)5-9/h4-6,10H,7-8H2,1-3H3. The fourth-order valence-corrected chi connectivity index (χ4v) is 2.05. The minimum atomic E-state index is -0.790. The number of ether oxygens (including phenoxy) is 1. The Kier molecular flexibility index (Phi) is 3.98.